The number of hydrogen-bond donors (Lipinski definition) is 2. The third-order valence-electron chi connectivity index (χ3n) is 2.34. The molecule has 2 rings (SSSR count). The van der Waals surface area contributed by atoms with E-state index in [4.69, 9.17) is 9.84 Å². The Morgan fingerprint density at radius 1 is 1.56 bits per heavy atom. The number of carbonyl (C=O) groups is 1. The summed E-state index contributed by atoms with van der Waals surface area (Å²) >= 11 is 3.04. The Kier molecular flexibility index (Phi) is 3.33. The highest BCUT2D eigenvalue weighted by atomic mass is 79.9. The molecular formula is C11H8BrFN2O3. The van der Waals surface area contributed by atoms with Crippen LogP contribution in [0.5, 0.6) is 5.75 Å². The molecule has 0 fully saturated rings. The minimum atomic E-state index is -1.13. The molecule has 1 heterocycles. The SMILES string of the molecule is COc1c(-c2cc(C(=O)O)[nH]n2)ccc(Br)c1F. The summed E-state index contributed by atoms with van der Waals surface area (Å²) in [6.07, 6.45) is 0. The summed E-state index contributed by atoms with van der Waals surface area (Å²) < 4.78 is 19.0. The minimum absolute atomic E-state index is 0.00723. The van der Waals surface area contributed by atoms with Crippen LogP contribution in [0, 0.1) is 5.82 Å². The predicted molar refractivity (Wildman–Crippen MR) is 65.2 cm³/mol. The zero-order valence-electron chi connectivity index (χ0n) is 9.20. The molecule has 0 unspecified atom stereocenters. The summed E-state index contributed by atoms with van der Waals surface area (Å²) in [6.45, 7) is 0. The Labute approximate surface area is 110 Å². The van der Waals surface area contributed by atoms with Crippen LogP contribution < -0.4 is 4.74 Å². The predicted octanol–water partition coefficient (Wildman–Crippen LogP) is 2.69. The van der Waals surface area contributed by atoms with E-state index in [9.17, 15) is 9.18 Å². The molecule has 0 spiro atoms. The Balaban J connectivity index is 2.56. The molecule has 2 aromatic rings. The molecule has 0 aliphatic rings. The van der Waals surface area contributed by atoms with E-state index in [0.29, 0.717) is 11.3 Å². The normalized spacial score (nSPS) is 10.4. The molecule has 2 N–H and O–H groups in total. The van der Waals surface area contributed by atoms with Crippen molar-refractivity contribution in [2.24, 2.45) is 0 Å². The lowest BCUT2D eigenvalue weighted by molar-refractivity contribution is 0.0690. The lowest BCUT2D eigenvalue weighted by atomic mass is 10.1. The average Bonchev–Trinajstić information content (AvgIpc) is 2.82. The summed E-state index contributed by atoms with van der Waals surface area (Å²) in [5, 5.41) is 15.0. The summed E-state index contributed by atoms with van der Waals surface area (Å²) in [4.78, 5) is 10.7. The number of aromatic amines is 1. The van der Waals surface area contributed by atoms with Crippen LogP contribution in [0.25, 0.3) is 11.3 Å². The fourth-order valence-corrected chi connectivity index (χ4v) is 1.81. The van der Waals surface area contributed by atoms with Crippen LogP contribution in [-0.2, 0) is 0 Å². The van der Waals surface area contributed by atoms with Gasteiger partial charge in [0.2, 0.25) is 0 Å². The quantitative estimate of drug-likeness (QED) is 0.913. The summed E-state index contributed by atoms with van der Waals surface area (Å²) in [5.41, 5.74) is 0.605. The highest BCUT2D eigenvalue weighted by Crippen LogP contribution is 2.35. The number of halogens is 2. The number of carboxylic acids is 1. The zero-order chi connectivity index (χ0) is 13.3. The second-order valence-corrected chi connectivity index (χ2v) is 4.27. The van der Waals surface area contributed by atoms with Crippen LogP contribution in [-0.4, -0.2) is 28.4 Å². The van der Waals surface area contributed by atoms with E-state index in [1.165, 1.54) is 19.2 Å². The molecule has 0 amide bonds. The van der Waals surface area contributed by atoms with Crippen LogP contribution in [0.15, 0.2) is 22.7 Å². The number of aromatic nitrogens is 2. The van der Waals surface area contributed by atoms with E-state index in [1.54, 1.807) is 6.07 Å². The van der Waals surface area contributed by atoms with E-state index in [1.807, 2.05) is 0 Å². The van der Waals surface area contributed by atoms with E-state index < -0.39 is 11.8 Å². The van der Waals surface area contributed by atoms with Gasteiger partial charge in [0.15, 0.2) is 11.6 Å². The Hall–Kier alpha value is -1.89. The molecule has 0 aliphatic carbocycles. The number of methoxy groups -OCH3 is 1. The van der Waals surface area contributed by atoms with Gasteiger partial charge < -0.3 is 9.84 Å². The van der Waals surface area contributed by atoms with Crippen molar-refractivity contribution in [1.29, 1.82) is 0 Å². The van der Waals surface area contributed by atoms with Gasteiger partial charge in [-0.25, -0.2) is 9.18 Å². The van der Waals surface area contributed by atoms with Crippen LogP contribution in [0.1, 0.15) is 10.5 Å². The lowest BCUT2D eigenvalue weighted by Gasteiger charge is -2.08. The Morgan fingerprint density at radius 2 is 2.28 bits per heavy atom. The van der Waals surface area contributed by atoms with Gasteiger partial charge in [0.25, 0.3) is 0 Å². The lowest BCUT2D eigenvalue weighted by Crippen LogP contribution is -1.95. The van der Waals surface area contributed by atoms with Crippen molar-refractivity contribution in [3.63, 3.8) is 0 Å². The van der Waals surface area contributed by atoms with Gasteiger partial charge >= 0.3 is 5.97 Å². The summed E-state index contributed by atoms with van der Waals surface area (Å²) in [6, 6.07) is 4.41. The monoisotopic (exact) mass is 314 g/mol. The van der Waals surface area contributed by atoms with Crippen molar-refractivity contribution in [3.8, 4) is 17.0 Å². The number of carboxylic acid groups (broad SMARTS) is 1. The maximum atomic E-state index is 13.8. The second kappa shape index (κ2) is 4.77. The molecule has 18 heavy (non-hydrogen) atoms. The summed E-state index contributed by atoms with van der Waals surface area (Å²) in [7, 11) is 1.33. The van der Waals surface area contributed by atoms with Gasteiger partial charge in [0, 0.05) is 5.56 Å². The molecule has 7 heteroatoms. The molecule has 5 nitrogen and oxygen atoms in total. The van der Waals surface area contributed by atoms with Crippen molar-refractivity contribution in [2.75, 3.05) is 7.11 Å². The maximum Gasteiger partial charge on any atom is 0.353 e. The van der Waals surface area contributed by atoms with Gasteiger partial charge in [-0.15, -0.1) is 0 Å². The van der Waals surface area contributed by atoms with Gasteiger partial charge in [0.1, 0.15) is 5.69 Å². The molecule has 1 aromatic heterocycles. The third kappa shape index (κ3) is 2.08. The number of benzene rings is 1. The molecule has 0 aliphatic heterocycles. The van der Waals surface area contributed by atoms with Crippen LogP contribution in [0.2, 0.25) is 0 Å². The van der Waals surface area contributed by atoms with Crippen molar-refractivity contribution in [3.05, 3.63) is 34.2 Å². The fourth-order valence-electron chi connectivity index (χ4n) is 1.50. The van der Waals surface area contributed by atoms with Crippen molar-refractivity contribution in [1.82, 2.24) is 10.2 Å². The number of nitrogens with one attached hydrogen (secondary N) is 1. The van der Waals surface area contributed by atoms with Crippen LogP contribution in [0.4, 0.5) is 4.39 Å². The molecule has 0 atom stereocenters. The number of ether oxygens (including phenoxy) is 1. The van der Waals surface area contributed by atoms with Crippen LogP contribution >= 0.6 is 15.9 Å². The number of H-pyrrole nitrogens is 1. The average molecular weight is 315 g/mol. The van der Waals surface area contributed by atoms with Gasteiger partial charge in [-0.05, 0) is 34.1 Å². The van der Waals surface area contributed by atoms with Gasteiger partial charge in [-0.1, -0.05) is 0 Å². The molecule has 0 saturated heterocycles. The molecule has 0 bridgehead atoms. The van der Waals surface area contributed by atoms with Gasteiger partial charge in [-0.3, -0.25) is 5.10 Å². The number of hydrogen-bond acceptors (Lipinski definition) is 3. The zero-order valence-corrected chi connectivity index (χ0v) is 10.8. The van der Waals surface area contributed by atoms with Crippen molar-refractivity contribution >= 4 is 21.9 Å². The molecule has 0 saturated carbocycles. The minimum Gasteiger partial charge on any atom is -0.493 e. The van der Waals surface area contributed by atoms with Crippen molar-refractivity contribution < 1.29 is 19.0 Å². The highest BCUT2D eigenvalue weighted by Gasteiger charge is 2.17. The third-order valence-corrected chi connectivity index (χ3v) is 2.95. The van der Waals surface area contributed by atoms with E-state index >= 15 is 0 Å². The Bertz CT molecular complexity index is 612. The first-order valence-corrected chi connectivity index (χ1v) is 5.65. The highest BCUT2D eigenvalue weighted by molar-refractivity contribution is 9.10. The number of rotatable bonds is 3. The molecular weight excluding hydrogens is 307 g/mol. The fraction of sp³-hybridized carbons (Fsp3) is 0.0909. The molecule has 0 radical (unpaired) electrons. The largest absolute Gasteiger partial charge is 0.493 e. The van der Waals surface area contributed by atoms with Crippen LogP contribution in [0.3, 0.4) is 0 Å². The maximum absolute atomic E-state index is 13.8. The van der Waals surface area contributed by atoms with Gasteiger partial charge in [0.05, 0.1) is 17.3 Å². The van der Waals surface area contributed by atoms with E-state index in [-0.39, 0.29) is 15.9 Å². The van der Waals surface area contributed by atoms with Gasteiger partial charge in [-0.2, -0.15) is 5.10 Å². The summed E-state index contributed by atoms with van der Waals surface area (Å²) in [5.74, 6) is -1.69. The first-order valence-electron chi connectivity index (χ1n) is 4.85. The Morgan fingerprint density at radius 3 is 2.83 bits per heavy atom. The first kappa shape index (κ1) is 12.6. The molecule has 1 aromatic carbocycles. The smallest absolute Gasteiger partial charge is 0.353 e. The molecule has 94 valence electrons. The van der Waals surface area contributed by atoms with E-state index in [0.717, 1.165) is 0 Å². The second-order valence-electron chi connectivity index (χ2n) is 3.41. The topological polar surface area (TPSA) is 75.2 Å². The number of aromatic carboxylic acids is 1. The first-order chi connectivity index (χ1) is 8.54. The number of nitrogens with zero attached hydrogens (tertiary/aromatic N) is 1. The standard InChI is InChI=1S/C11H8BrFN2O3/c1-18-10-5(2-3-6(12)9(10)13)7-4-8(11(16)17)15-14-7/h2-4H,1H3,(H,14,15)(H,16,17). The van der Waals surface area contributed by atoms with Crippen molar-refractivity contribution in [2.45, 2.75) is 0 Å². The van der Waals surface area contributed by atoms with E-state index in [2.05, 4.69) is 26.1 Å².